The zero-order valence-electron chi connectivity index (χ0n) is 11.3. The topological polar surface area (TPSA) is 52.6 Å². The number of ether oxygens (including phenoxy) is 2. The van der Waals surface area contributed by atoms with Gasteiger partial charge in [0.15, 0.2) is 0 Å². The zero-order valence-corrected chi connectivity index (χ0v) is 12.9. The van der Waals surface area contributed by atoms with Crippen LogP contribution in [0.1, 0.15) is 26.3 Å². The van der Waals surface area contributed by atoms with Crippen LogP contribution in [-0.4, -0.2) is 19.0 Å². The van der Waals surface area contributed by atoms with Crippen LogP contribution in [0.4, 0.5) is 0 Å². The van der Waals surface area contributed by atoms with Crippen molar-refractivity contribution in [2.24, 2.45) is 0 Å². The number of carbonyl (C=O) groups is 2. The first-order valence-electron chi connectivity index (χ1n) is 6.20. The lowest BCUT2D eigenvalue weighted by Crippen LogP contribution is -2.12. The lowest BCUT2D eigenvalue weighted by atomic mass is 10.1. The third-order valence-electron chi connectivity index (χ3n) is 2.84. The first-order chi connectivity index (χ1) is 10.1. The molecule has 0 bridgehead atoms. The third-order valence-corrected chi connectivity index (χ3v) is 3.36. The van der Waals surface area contributed by atoms with Crippen molar-refractivity contribution in [1.82, 2.24) is 0 Å². The molecule has 21 heavy (non-hydrogen) atoms. The average Bonchev–Trinajstić information content (AvgIpc) is 2.53. The van der Waals surface area contributed by atoms with E-state index in [4.69, 9.17) is 4.74 Å². The molecule has 2 rings (SSSR count). The number of halogens is 1. The maximum absolute atomic E-state index is 12.1. The number of hydrogen-bond donors (Lipinski definition) is 0. The van der Waals surface area contributed by atoms with Crippen molar-refractivity contribution >= 4 is 27.9 Å². The van der Waals surface area contributed by atoms with E-state index in [1.165, 1.54) is 19.2 Å². The maximum atomic E-state index is 12.1. The molecule has 4 nitrogen and oxygen atoms in total. The molecule has 0 aliphatic heterocycles. The van der Waals surface area contributed by atoms with Gasteiger partial charge in [-0.05, 0) is 29.8 Å². The first-order valence-corrected chi connectivity index (χ1v) is 7.00. The lowest BCUT2D eigenvalue weighted by Gasteiger charge is -2.08. The lowest BCUT2D eigenvalue weighted by molar-refractivity contribution is 0.0457. The molecule has 0 saturated carbocycles. The molecule has 5 heteroatoms. The number of rotatable bonds is 4. The fraction of sp³-hybridized carbons (Fsp3) is 0.125. The number of benzene rings is 2. The minimum Gasteiger partial charge on any atom is -0.465 e. The molecule has 0 fully saturated rings. The van der Waals surface area contributed by atoms with Gasteiger partial charge < -0.3 is 9.47 Å². The summed E-state index contributed by atoms with van der Waals surface area (Å²) in [6.07, 6.45) is 0. The fourth-order valence-electron chi connectivity index (χ4n) is 1.76. The van der Waals surface area contributed by atoms with Gasteiger partial charge in [0.2, 0.25) is 0 Å². The van der Waals surface area contributed by atoms with Crippen LogP contribution in [0.2, 0.25) is 0 Å². The molecule has 0 spiro atoms. The molecule has 2 aromatic carbocycles. The van der Waals surface area contributed by atoms with E-state index in [-0.39, 0.29) is 17.7 Å². The Morgan fingerprint density at radius 1 is 0.952 bits per heavy atom. The van der Waals surface area contributed by atoms with Crippen LogP contribution in [0.25, 0.3) is 0 Å². The minimum atomic E-state index is -0.564. The Morgan fingerprint density at radius 3 is 2.10 bits per heavy atom. The smallest absolute Gasteiger partial charge is 0.339 e. The van der Waals surface area contributed by atoms with Crippen molar-refractivity contribution < 1.29 is 19.1 Å². The number of carbonyl (C=O) groups excluding carboxylic acids is 2. The standard InChI is InChI=1S/C16H13BrO4/c1-20-15(18)13-4-2-3-5-14(13)16(19)21-10-11-6-8-12(17)9-7-11/h2-9H,10H2,1H3. The van der Waals surface area contributed by atoms with E-state index in [0.29, 0.717) is 0 Å². The van der Waals surface area contributed by atoms with Crippen molar-refractivity contribution in [3.8, 4) is 0 Å². The van der Waals surface area contributed by atoms with Crippen LogP contribution in [0.3, 0.4) is 0 Å². The Morgan fingerprint density at radius 2 is 1.52 bits per heavy atom. The van der Waals surface area contributed by atoms with E-state index < -0.39 is 11.9 Å². The second-order valence-corrected chi connectivity index (χ2v) is 5.16. The molecule has 0 aliphatic rings. The summed E-state index contributed by atoms with van der Waals surface area (Å²) in [6, 6.07) is 13.8. The van der Waals surface area contributed by atoms with Gasteiger partial charge in [-0.15, -0.1) is 0 Å². The van der Waals surface area contributed by atoms with Gasteiger partial charge in [-0.3, -0.25) is 0 Å². The van der Waals surface area contributed by atoms with Crippen LogP contribution >= 0.6 is 15.9 Å². The van der Waals surface area contributed by atoms with Crippen LogP contribution in [0, 0.1) is 0 Å². The van der Waals surface area contributed by atoms with E-state index >= 15 is 0 Å². The predicted molar refractivity (Wildman–Crippen MR) is 81.0 cm³/mol. The van der Waals surface area contributed by atoms with Crippen LogP contribution in [-0.2, 0) is 16.1 Å². The molecule has 0 saturated heterocycles. The molecule has 0 radical (unpaired) electrons. The summed E-state index contributed by atoms with van der Waals surface area (Å²) in [6.45, 7) is 0.140. The molecule has 0 heterocycles. The van der Waals surface area contributed by atoms with Crippen molar-refractivity contribution in [1.29, 1.82) is 0 Å². The summed E-state index contributed by atoms with van der Waals surface area (Å²) in [5.41, 5.74) is 1.25. The first kappa shape index (κ1) is 15.3. The molecule has 0 N–H and O–H groups in total. The number of hydrogen-bond acceptors (Lipinski definition) is 4. The van der Waals surface area contributed by atoms with Gasteiger partial charge in [-0.25, -0.2) is 9.59 Å². The number of esters is 2. The van der Waals surface area contributed by atoms with Gasteiger partial charge in [0.25, 0.3) is 0 Å². The molecule has 2 aromatic rings. The van der Waals surface area contributed by atoms with Gasteiger partial charge in [-0.1, -0.05) is 40.2 Å². The predicted octanol–water partition coefficient (Wildman–Crippen LogP) is 3.59. The average molecular weight is 349 g/mol. The monoisotopic (exact) mass is 348 g/mol. The Kier molecular flexibility index (Phi) is 5.11. The van der Waals surface area contributed by atoms with E-state index in [9.17, 15) is 9.59 Å². The highest BCUT2D eigenvalue weighted by molar-refractivity contribution is 9.10. The summed E-state index contributed by atoms with van der Waals surface area (Å²) in [7, 11) is 1.27. The van der Waals surface area contributed by atoms with Gasteiger partial charge >= 0.3 is 11.9 Å². The SMILES string of the molecule is COC(=O)c1ccccc1C(=O)OCc1ccc(Br)cc1. The van der Waals surface area contributed by atoms with Gasteiger partial charge in [0.1, 0.15) is 6.61 Å². The maximum Gasteiger partial charge on any atom is 0.339 e. The summed E-state index contributed by atoms with van der Waals surface area (Å²) < 4.78 is 10.8. The van der Waals surface area contributed by atoms with E-state index in [0.717, 1.165) is 10.0 Å². The van der Waals surface area contributed by atoms with Crippen molar-refractivity contribution in [3.05, 3.63) is 69.7 Å². The van der Waals surface area contributed by atoms with Gasteiger partial charge in [0, 0.05) is 4.47 Å². The normalized spacial score (nSPS) is 10.0. The molecular weight excluding hydrogens is 336 g/mol. The second kappa shape index (κ2) is 7.04. The second-order valence-electron chi connectivity index (χ2n) is 4.24. The molecular formula is C16H13BrO4. The number of methoxy groups -OCH3 is 1. The van der Waals surface area contributed by atoms with Gasteiger partial charge in [-0.2, -0.15) is 0 Å². The molecule has 0 unspecified atom stereocenters. The molecule has 0 amide bonds. The van der Waals surface area contributed by atoms with Crippen molar-refractivity contribution in [3.63, 3.8) is 0 Å². The summed E-state index contributed by atoms with van der Waals surface area (Å²) in [4.78, 5) is 23.7. The molecule has 0 aliphatic carbocycles. The molecule has 0 atom stereocenters. The van der Waals surface area contributed by atoms with Crippen LogP contribution in [0.5, 0.6) is 0 Å². The van der Waals surface area contributed by atoms with Crippen molar-refractivity contribution in [2.75, 3.05) is 7.11 Å². The molecule has 0 aromatic heterocycles. The highest BCUT2D eigenvalue weighted by Crippen LogP contribution is 2.14. The third kappa shape index (κ3) is 3.92. The van der Waals surface area contributed by atoms with E-state index in [1.807, 2.05) is 24.3 Å². The fourth-order valence-corrected chi connectivity index (χ4v) is 2.02. The van der Waals surface area contributed by atoms with Gasteiger partial charge in [0.05, 0.1) is 18.2 Å². The van der Waals surface area contributed by atoms with E-state index in [1.54, 1.807) is 12.1 Å². The Bertz CT molecular complexity index is 650. The minimum absolute atomic E-state index is 0.140. The van der Waals surface area contributed by atoms with Crippen LogP contribution < -0.4 is 0 Å². The quantitative estimate of drug-likeness (QED) is 0.792. The zero-order chi connectivity index (χ0) is 15.2. The largest absolute Gasteiger partial charge is 0.465 e. The van der Waals surface area contributed by atoms with Crippen LogP contribution in [0.15, 0.2) is 53.0 Å². The highest BCUT2D eigenvalue weighted by Gasteiger charge is 2.18. The Labute approximate surface area is 130 Å². The summed E-state index contributed by atoms with van der Waals surface area (Å²) in [5.74, 6) is -1.12. The highest BCUT2D eigenvalue weighted by atomic mass is 79.9. The Hall–Kier alpha value is -2.14. The molecule has 108 valence electrons. The Balaban J connectivity index is 2.10. The van der Waals surface area contributed by atoms with Crippen molar-refractivity contribution in [2.45, 2.75) is 6.61 Å². The van der Waals surface area contributed by atoms with E-state index in [2.05, 4.69) is 20.7 Å². The summed E-state index contributed by atoms with van der Waals surface area (Å²) >= 11 is 3.34. The summed E-state index contributed by atoms with van der Waals surface area (Å²) in [5, 5.41) is 0.